The topological polar surface area (TPSA) is 51.0 Å². The van der Waals surface area contributed by atoms with Crippen LogP contribution in [0.1, 0.15) is 30.7 Å². The summed E-state index contributed by atoms with van der Waals surface area (Å²) in [7, 11) is 0. The summed E-state index contributed by atoms with van der Waals surface area (Å²) in [5.74, 6) is 0.632. The molecule has 7 heteroatoms. The number of rotatable bonds is 7. The fraction of sp³-hybridized carbons (Fsp3) is 0.208. The number of carbonyl (C=O) groups excluding carboxylic acids is 1. The Morgan fingerprint density at radius 2 is 2.00 bits per heavy atom. The molecule has 4 aromatic rings. The Balaban J connectivity index is 1.50. The largest absolute Gasteiger partial charge is 0.295 e. The number of benzene rings is 2. The zero-order chi connectivity index (χ0) is 21.8. The monoisotopic (exact) mass is 448 g/mol. The van der Waals surface area contributed by atoms with Crippen LogP contribution < -0.4 is 4.90 Å². The predicted molar refractivity (Wildman–Crippen MR) is 129 cm³/mol. The van der Waals surface area contributed by atoms with E-state index in [1.54, 1.807) is 23.6 Å². The molecule has 0 atom stereocenters. The zero-order valence-corrected chi connectivity index (χ0v) is 19.4. The third-order valence-corrected chi connectivity index (χ3v) is 6.76. The lowest BCUT2D eigenvalue weighted by Gasteiger charge is -2.18. The first-order chi connectivity index (χ1) is 15.0. The van der Waals surface area contributed by atoms with Crippen molar-refractivity contribution in [2.45, 2.75) is 38.1 Å². The lowest BCUT2D eigenvalue weighted by molar-refractivity contribution is -0.115. The Bertz CT molecular complexity index is 1180. The van der Waals surface area contributed by atoms with Crippen molar-refractivity contribution in [2.24, 2.45) is 0 Å². The fourth-order valence-corrected chi connectivity index (χ4v) is 5.14. The van der Waals surface area contributed by atoms with Crippen molar-refractivity contribution in [3.05, 3.63) is 83.1 Å². The Morgan fingerprint density at radius 1 is 1.19 bits per heavy atom. The highest BCUT2D eigenvalue weighted by Gasteiger charge is 2.18. The Labute approximate surface area is 190 Å². The SMILES string of the molecule is CCc1ccc(N(C(C)=O)c2nc(CSc3nccn3-c3cccc(C)c3)cs2)cc1. The molecule has 0 fully saturated rings. The minimum Gasteiger partial charge on any atom is -0.295 e. The molecule has 0 aliphatic heterocycles. The van der Waals surface area contributed by atoms with Crippen LogP contribution in [0.3, 0.4) is 0 Å². The Morgan fingerprint density at radius 3 is 2.71 bits per heavy atom. The van der Waals surface area contributed by atoms with E-state index < -0.39 is 0 Å². The molecule has 0 saturated heterocycles. The number of hydrogen-bond acceptors (Lipinski definition) is 5. The average molecular weight is 449 g/mol. The molecule has 31 heavy (non-hydrogen) atoms. The smallest absolute Gasteiger partial charge is 0.230 e. The van der Waals surface area contributed by atoms with E-state index in [0.29, 0.717) is 10.9 Å². The minimum absolute atomic E-state index is 0.0483. The maximum absolute atomic E-state index is 12.4. The normalized spacial score (nSPS) is 10.9. The second-order valence-electron chi connectivity index (χ2n) is 7.20. The molecule has 0 radical (unpaired) electrons. The van der Waals surface area contributed by atoms with Crippen LogP contribution in [0.4, 0.5) is 10.8 Å². The summed E-state index contributed by atoms with van der Waals surface area (Å²) in [6, 6.07) is 16.4. The van der Waals surface area contributed by atoms with Gasteiger partial charge in [0.15, 0.2) is 10.3 Å². The van der Waals surface area contributed by atoms with Gasteiger partial charge in [0.2, 0.25) is 5.91 Å². The molecule has 2 aromatic carbocycles. The number of anilines is 2. The van der Waals surface area contributed by atoms with Gasteiger partial charge in [-0.25, -0.2) is 9.97 Å². The molecule has 5 nitrogen and oxygen atoms in total. The molecule has 0 aliphatic rings. The van der Waals surface area contributed by atoms with Gasteiger partial charge >= 0.3 is 0 Å². The van der Waals surface area contributed by atoms with Crippen molar-refractivity contribution in [3.63, 3.8) is 0 Å². The number of thioether (sulfide) groups is 1. The van der Waals surface area contributed by atoms with Gasteiger partial charge in [-0.1, -0.05) is 43.0 Å². The van der Waals surface area contributed by atoms with E-state index in [-0.39, 0.29) is 5.91 Å². The molecule has 0 unspecified atom stereocenters. The summed E-state index contributed by atoms with van der Waals surface area (Å²) >= 11 is 3.12. The summed E-state index contributed by atoms with van der Waals surface area (Å²) in [6.07, 6.45) is 4.76. The summed E-state index contributed by atoms with van der Waals surface area (Å²) in [5, 5.41) is 3.62. The lowest BCUT2D eigenvalue weighted by Crippen LogP contribution is -2.22. The maximum atomic E-state index is 12.4. The molecule has 0 N–H and O–H groups in total. The van der Waals surface area contributed by atoms with Gasteiger partial charge in [-0.3, -0.25) is 14.3 Å². The van der Waals surface area contributed by atoms with Gasteiger partial charge in [0, 0.05) is 36.1 Å². The van der Waals surface area contributed by atoms with E-state index in [1.807, 2.05) is 29.9 Å². The highest BCUT2D eigenvalue weighted by atomic mass is 32.2. The highest BCUT2D eigenvalue weighted by Crippen LogP contribution is 2.31. The molecule has 2 heterocycles. The van der Waals surface area contributed by atoms with Gasteiger partial charge < -0.3 is 0 Å². The number of aromatic nitrogens is 3. The van der Waals surface area contributed by atoms with E-state index in [0.717, 1.165) is 28.6 Å². The van der Waals surface area contributed by atoms with Crippen molar-refractivity contribution in [3.8, 4) is 5.69 Å². The van der Waals surface area contributed by atoms with Gasteiger partial charge in [0.25, 0.3) is 0 Å². The molecule has 4 rings (SSSR count). The van der Waals surface area contributed by atoms with Crippen molar-refractivity contribution < 1.29 is 4.79 Å². The number of imidazole rings is 1. The molecule has 0 saturated carbocycles. The standard InChI is InChI=1S/C24H24N4OS2/c1-4-19-8-10-21(11-9-19)28(18(3)29)24-26-20(16-31-24)15-30-23-25-12-13-27(23)22-7-5-6-17(2)14-22/h5-14,16H,4,15H2,1-3H3. The van der Waals surface area contributed by atoms with E-state index in [2.05, 4.69) is 59.8 Å². The molecular weight excluding hydrogens is 424 g/mol. The number of nitrogens with zero attached hydrogens (tertiary/aromatic N) is 4. The van der Waals surface area contributed by atoms with Crippen LogP contribution in [-0.4, -0.2) is 20.4 Å². The molecule has 0 bridgehead atoms. The molecule has 158 valence electrons. The number of thiazole rings is 1. The Kier molecular flexibility index (Phi) is 6.53. The van der Waals surface area contributed by atoms with E-state index in [9.17, 15) is 4.79 Å². The summed E-state index contributed by atoms with van der Waals surface area (Å²) in [6.45, 7) is 5.77. The maximum Gasteiger partial charge on any atom is 0.230 e. The number of amides is 1. The van der Waals surface area contributed by atoms with Crippen molar-refractivity contribution in [2.75, 3.05) is 4.90 Å². The van der Waals surface area contributed by atoms with Crippen LogP contribution in [0.25, 0.3) is 5.69 Å². The fourth-order valence-electron chi connectivity index (χ4n) is 3.28. The van der Waals surface area contributed by atoms with Crippen LogP contribution in [-0.2, 0) is 17.0 Å². The first kappa shape index (κ1) is 21.3. The molecule has 0 aliphatic carbocycles. The van der Waals surface area contributed by atoms with Crippen LogP contribution in [0.2, 0.25) is 0 Å². The first-order valence-electron chi connectivity index (χ1n) is 10.1. The predicted octanol–water partition coefficient (Wildman–Crippen LogP) is 6.18. The number of aryl methyl sites for hydroxylation is 2. The quantitative estimate of drug-likeness (QED) is 0.317. The summed E-state index contributed by atoms with van der Waals surface area (Å²) in [4.78, 5) is 23.3. The molecule has 1 amide bonds. The second-order valence-corrected chi connectivity index (χ2v) is 8.98. The first-order valence-corrected chi connectivity index (χ1v) is 12.0. The lowest BCUT2D eigenvalue weighted by atomic mass is 10.1. The highest BCUT2D eigenvalue weighted by molar-refractivity contribution is 7.98. The van der Waals surface area contributed by atoms with Gasteiger partial charge in [-0.2, -0.15) is 0 Å². The zero-order valence-electron chi connectivity index (χ0n) is 17.8. The van der Waals surface area contributed by atoms with Crippen LogP contribution in [0, 0.1) is 6.92 Å². The minimum atomic E-state index is -0.0483. The van der Waals surface area contributed by atoms with Crippen molar-refractivity contribution in [1.82, 2.24) is 14.5 Å². The van der Waals surface area contributed by atoms with Crippen LogP contribution in [0.5, 0.6) is 0 Å². The van der Waals surface area contributed by atoms with Crippen molar-refractivity contribution in [1.29, 1.82) is 0 Å². The number of hydrogen-bond donors (Lipinski definition) is 0. The average Bonchev–Trinajstić information content (AvgIpc) is 3.42. The molecule has 2 aromatic heterocycles. The van der Waals surface area contributed by atoms with E-state index in [1.165, 1.54) is 22.5 Å². The van der Waals surface area contributed by atoms with Gasteiger partial charge in [0.05, 0.1) is 11.4 Å². The van der Waals surface area contributed by atoms with Crippen LogP contribution in [0.15, 0.2) is 71.5 Å². The summed E-state index contributed by atoms with van der Waals surface area (Å²) in [5.41, 5.74) is 5.32. The van der Waals surface area contributed by atoms with Gasteiger partial charge in [-0.05, 0) is 48.7 Å². The Hall–Kier alpha value is -2.90. The summed E-state index contributed by atoms with van der Waals surface area (Å²) < 4.78 is 2.09. The van der Waals surface area contributed by atoms with Gasteiger partial charge in [-0.15, -0.1) is 11.3 Å². The number of carbonyl (C=O) groups is 1. The second kappa shape index (κ2) is 9.49. The van der Waals surface area contributed by atoms with Gasteiger partial charge in [0.1, 0.15) is 0 Å². The van der Waals surface area contributed by atoms with Crippen LogP contribution >= 0.6 is 23.1 Å². The van der Waals surface area contributed by atoms with Crippen molar-refractivity contribution >= 4 is 39.8 Å². The third-order valence-electron chi connectivity index (χ3n) is 4.88. The third kappa shape index (κ3) is 4.89. The van der Waals surface area contributed by atoms with E-state index >= 15 is 0 Å². The van der Waals surface area contributed by atoms with E-state index in [4.69, 9.17) is 4.98 Å². The molecule has 0 spiro atoms. The molecular formula is C24H24N4OS2.